The van der Waals surface area contributed by atoms with E-state index < -0.39 is 0 Å². The lowest BCUT2D eigenvalue weighted by Crippen LogP contribution is -2.03. The van der Waals surface area contributed by atoms with Gasteiger partial charge in [-0.25, -0.2) is 29.9 Å². The Balaban J connectivity index is 0.000000105. The van der Waals surface area contributed by atoms with Gasteiger partial charge >= 0.3 is 0 Å². The smallest absolute Gasteiger partial charge is 0.277 e. The highest BCUT2D eigenvalue weighted by molar-refractivity contribution is 9.10. The lowest BCUT2D eigenvalue weighted by Gasteiger charge is -2.15. The van der Waals surface area contributed by atoms with Crippen LogP contribution in [0.5, 0.6) is 0 Å². The van der Waals surface area contributed by atoms with Crippen LogP contribution in [0.2, 0.25) is 0 Å². The fraction of sp³-hybridized carbons (Fsp3) is 0.0426. The monoisotopic (exact) mass is 1460 g/mol. The normalized spacial score (nSPS) is 12.0. The van der Waals surface area contributed by atoms with Gasteiger partial charge in [-0.3, -0.25) is 10.1 Å². The molecule has 0 bridgehead atoms. The maximum Gasteiger partial charge on any atom is 0.277 e. The quantitative estimate of drug-likeness (QED) is 0.0901. The van der Waals surface area contributed by atoms with Crippen molar-refractivity contribution in [3.63, 3.8) is 0 Å². The highest BCUT2D eigenvalue weighted by atomic mass is 79.9. The third kappa shape index (κ3) is 11.7. The average Bonchev–Trinajstić information content (AvgIpc) is 1.54. The van der Waals surface area contributed by atoms with Gasteiger partial charge in [-0.15, -0.1) is 0 Å². The second-order valence-corrected chi connectivity index (χ2v) is 27.7. The summed E-state index contributed by atoms with van der Waals surface area (Å²) in [5.74, 6) is 3.95. The SMILES string of the molecule is Brc1ccccc1-c1nc(-c2ccccc2)nc(-c2ccccc2)n1.C1CCC1.O=[N+]([O-])c1cccc2c1-c1cccc3cccc-2c13.P.c1cc2c3c(c1)ccc1[nH]c4cccc-2c4c13.c1ccc(-c2nc(-c3ccccc3)nc(-c3ccccc3-n3c4cccc5c4c4c6c-5cccc6ccc43)n2)cc1. The number of H-pyrrole nitrogens is 1. The molecule has 107 heavy (non-hydrogen) atoms. The van der Waals surface area contributed by atoms with Gasteiger partial charge in [0.2, 0.25) is 0 Å². The van der Waals surface area contributed by atoms with Gasteiger partial charge in [-0.2, -0.15) is 9.90 Å². The van der Waals surface area contributed by atoms with Crippen molar-refractivity contribution in [1.82, 2.24) is 39.5 Å². The molecule has 4 aliphatic rings. The number of aromatic amines is 1. The van der Waals surface area contributed by atoms with Crippen LogP contribution < -0.4 is 0 Å². The van der Waals surface area contributed by atoms with Gasteiger partial charge in [0, 0.05) is 76.5 Å². The molecule has 1 N–H and O–H groups in total. The Labute approximate surface area is 628 Å². The van der Waals surface area contributed by atoms with Crippen LogP contribution in [0.3, 0.4) is 0 Å². The van der Waals surface area contributed by atoms with Crippen LogP contribution in [0.25, 0.3) is 194 Å². The molecule has 13 heteroatoms. The molecule has 510 valence electrons. The fourth-order valence-electron chi connectivity index (χ4n) is 15.5. The van der Waals surface area contributed by atoms with E-state index in [1.54, 1.807) is 12.1 Å². The van der Waals surface area contributed by atoms with Crippen molar-refractivity contribution in [3.8, 4) is 119 Å². The van der Waals surface area contributed by atoms with Gasteiger partial charge in [0.05, 0.1) is 27.2 Å². The summed E-state index contributed by atoms with van der Waals surface area (Å²) in [5.41, 5.74) is 21.0. The van der Waals surface area contributed by atoms with Crippen LogP contribution in [0.4, 0.5) is 5.69 Å². The number of nitro benzene ring substituents is 1. The summed E-state index contributed by atoms with van der Waals surface area (Å²) >= 11 is 3.59. The van der Waals surface area contributed by atoms with Gasteiger partial charge in [0.25, 0.3) is 5.69 Å². The summed E-state index contributed by atoms with van der Waals surface area (Å²) < 4.78 is 3.34. The minimum Gasteiger partial charge on any atom is -0.354 e. The number of nitro groups is 1. The molecule has 4 aliphatic carbocycles. The van der Waals surface area contributed by atoms with E-state index in [2.05, 4.69) is 147 Å². The Hall–Kier alpha value is -13.0. The highest BCUT2D eigenvalue weighted by Crippen LogP contribution is 2.53. The Morgan fingerprint density at radius 2 is 0.673 bits per heavy atom. The van der Waals surface area contributed by atoms with E-state index in [4.69, 9.17) is 29.9 Å². The number of aromatic nitrogens is 8. The van der Waals surface area contributed by atoms with Crippen molar-refractivity contribution in [1.29, 1.82) is 0 Å². The number of halogens is 1. The predicted octanol–water partition coefficient (Wildman–Crippen LogP) is 25.2. The largest absolute Gasteiger partial charge is 0.354 e. The Bertz CT molecular complexity index is 6570. The molecular formula is C94H65BrN9O2P. The second-order valence-electron chi connectivity index (χ2n) is 26.8. The van der Waals surface area contributed by atoms with E-state index in [1.165, 1.54) is 113 Å². The standard InChI is InChI=1S/C37H22N4.C21H14BrN3.C16H9NO2.C16H9N.C4H8.H3P/c1-3-11-24(12-4-1)35-38-36(25-13-5-2-6-14-25)40-37(39-35)28-16-7-8-19-29(28)41-30-20-10-18-27-26-17-9-15-23-21-22-31(41)34(32(23)26)33(27)30;22-18-14-8-7-13-17(18)21-24-19(15-9-3-1-4-10-15)23-20(25-21)16-11-5-2-6-12-16;18-17(19)14-9-3-7-12-11-6-1-4-10-5-2-8-13(15(10)11)16(12)14;1-3-9-7-8-13-16-14(9)10(4-1)11-5-2-6-12(17-13)15(11)16;1-2-4-3-1;/h1-22H;1-14H;1-9H;1-8,17H;1-4H2;1H3. The first-order chi connectivity index (χ1) is 52.4. The maximum atomic E-state index is 11.2. The molecule has 1 unspecified atom stereocenters. The molecule has 1 atom stereocenters. The van der Waals surface area contributed by atoms with Crippen molar-refractivity contribution < 1.29 is 4.92 Å². The molecule has 15 aromatic carbocycles. The van der Waals surface area contributed by atoms with Crippen LogP contribution in [-0.2, 0) is 0 Å². The van der Waals surface area contributed by atoms with Crippen LogP contribution in [0, 0.1) is 10.1 Å². The lowest BCUT2D eigenvalue weighted by atomic mass is 10.0. The Morgan fingerprint density at radius 3 is 1.21 bits per heavy atom. The average molecular weight is 1460 g/mol. The third-order valence-corrected chi connectivity index (χ3v) is 21.3. The van der Waals surface area contributed by atoms with E-state index in [-0.39, 0.29) is 20.5 Å². The third-order valence-electron chi connectivity index (χ3n) is 20.6. The second kappa shape index (κ2) is 27.9. The molecular weight excluding hydrogens is 1400 g/mol. The number of fused-ring (bicyclic) bond motifs is 5. The topological polar surface area (TPSA) is 141 Å². The highest BCUT2D eigenvalue weighted by Gasteiger charge is 2.30. The summed E-state index contributed by atoms with van der Waals surface area (Å²) in [6.45, 7) is 0. The summed E-state index contributed by atoms with van der Waals surface area (Å²) in [5, 5.41) is 24.3. The van der Waals surface area contributed by atoms with Gasteiger partial charge in [-0.05, 0) is 114 Å². The fourth-order valence-corrected chi connectivity index (χ4v) is 15.9. The van der Waals surface area contributed by atoms with Crippen molar-refractivity contribution in [2.45, 2.75) is 25.7 Å². The zero-order chi connectivity index (χ0) is 70.8. The number of hydrogen-bond acceptors (Lipinski definition) is 8. The zero-order valence-electron chi connectivity index (χ0n) is 57.9. The molecule has 1 fully saturated rings. The van der Waals surface area contributed by atoms with Crippen molar-refractivity contribution in [3.05, 3.63) is 336 Å². The molecule has 0 radical (unpaired) electrons. The first-order valence-corrected chi connectivity index (χ1v) is 36.5. The first-order valence-electron chi connectivity index (χ1n) is 35.7. The maximum absolute atomic E-state index is 11.2. The van der Waals surface area contributed by atoms with Crippen LogP contribution >= 0.6 is 25.8 Å². The molecule has 4 heterocycles. The van der Waals surface area contributed by atoms with E-state index in [0.717, 1.165) is 76.6 Å². The van der Waals surface area contributed by atoms with Gasteiger partial charge in [0.15, 0.2) is 34.9 Å². The Kier molecular flexibility index (Phi) is 17.2. The summed E-state index contributed by atoms with van der Waals surface area (Å²) in [6, 6.07) is 109. The summed E-state index contributed by atoms with van der Waals surface area (Å²) in [7, 11) is 0. The number of benzene rings is 15. The molecule has 19 aromatic rings. The number of rotatable bonds is 8. The van der Waals surface area contributed by atoms with Crippen LogP contribution in [0.15, 0.2) is 326 Å². The molecule has 0 spiro atoms. The predicted molar refractivity (Wildman–Crippen MR) is 448 cm³/mol. The number of hydrogen-bond donors (Lipinski definition) is 1. The minimum absolute atomic E-state index is 0. The molecule has 4 aromatic heterocycles. The number of nitrogens with one attached hydrogen (secondary N) is 1. The van der Waals surface area contributed by atoms with Crippen molar-refractivity contribution >= 4 is 107 Å². The minimum atomic E-state index is -0.302. The molecule has 0 amide bonds. The van der Waals surface area contributed by atoms with Gasteiger partial charge in [0.1, 0.15) is 0 Å². The molecule has 23 rings (SSSR count). The van der Waals surface area contributed by atoms with Crippen LogP contribution in [-0.4, -0.2) is 44.4 Å². The molecule has 11 nitrogen and oxygen atoms in total. The zero-order valence-corrected chi connectivity index (χ0v) is 60.9. The number of nitrogens with zero attached hydrogens (tertiary/aromatic N) is 8. The first kappa shape index (κ1) is 66.0. The van der Waals surface area contributed by atoms with E-state index in [0.29, 0.717) is 34.9 Å². The number of para-hydroxylation sites is 1. The molecule has 0 saturated heterocycles. The van der Waals surface area contributed by atoms with Gasteiger partial charge < -0.3 is 9.55 Å². The van der Waals surface area contributed by atoms with E-state index >= 15 is 0 Å². The van der Waals surface area contributed by atoms with E-state index in [9.17, 15) is 10.1 Å². The van der Waals surface area contributed by atoms with Crippen molar-refractivity contribution in [2.24, 2.45) is 0 Å². The van der Waals surface area contributed by atoms with E-state index in [1.807, 2.05) is 188 Å². The Morgan fingerprint density at radius 1 is 0.299 bits per heavy atom. The van der Waals surface area contributed by atoms with Crippen molar-refractivity contribution in [2.75, 3.05) is 0 Å². The molecule has 0 aliphatic heterocycles. The lowest BCUT2D eigenvalue weighted by molar-refractivity contribution is -0.384. The van der Waals surface area contributed by atoms with Crippen LogP contribution in [0.1, 0.15) is 25.7 Å². The summed E-state index contributed by atoms with van der Waals surface area (Å²) in [6.07, 6.45) is 6.00. The van der Waals surface area contributed by atoms with Gasteiger partial charge in [-0.1, -0.05) is 315 Å². The molecule has 1 saturated carbocycles. The summed E-state index contributed by atoms with van der Waals surface area (Å²) in [4.78, 5) is 43.6.